The molecule has 2 fully saturated rings. The molecule has 0 radical (unpaired) electrons. The van der Waals surface area contributed by atoms with Crippen LogP contribution in [-0.2, 0) is 26.0 Å². The molecule has 2 aliphatic rings. The normalized spacial score (nSPS) is 20.0. The minimum atomic E-state index is -3.59. The summed E-state index contributed by atoms with van der Waals surface area (Å²) in [6.45, 7) is 3.92. The highest BCUT2D eigenvalue weighted by molar-refractivity contribution is 7.91. The van der Waals surface area contributed by atoms with Gasteiger partial charge in [-0.2, -0.15) is 4.31 Å². The van der Waals surface area contributed by atoms with Crippen molar-refractivity contribution in [2.75, 3.05) is 31.1 Å². The molecule has 1 amide bonds. The first-order chi connectivity index (χ1) is 16.9. The minimum absolute atomic E-state index is 0.000603. The predicted molar refractivity (Wildman–Crippen MR) is 141 cm³/mol. The van der Waals surface area contributed by atoms with Gasteiger partial charge in [0, 0.05) is 25.6 Å². The first-order valence-corrected chi connectivity index (χ1v) is 15.4. The molecule has 1 unspecified atom stereocenters. The number of rotatable bonds is 7. The van der Waals surface area contributed by atoms with Crippen LogP contribution in [0.4, 0.5) is 5.13 Å². The zero-order valence-corrected chi connectivity index (χ0v) is 22.7. The fourth-order valence-electron chi connectivity index (χ4n) is 4.78. The van der Waals surface area contributed by atoms with E-state index in [2.05, 4.69) is 13.0 Å². The number of sulfonamides is 1. The van der Waals surface area contributed by atoms with Gasteiger partial charge in [-0.15, -0.1) is 11.3 Å². The number of para-hydroxylation sites is 1. The lowest BCUT2D eigenvalue weighted by Gasteiger charge is -2.33. The lowest BCUT2D eigenvalue weighted by Crippen LogP contribution is -2.46. The second kappa shape index (κ2) is 10.4. The van der Waals surface area contributed by atoms with Gasteiger partial charge in [0.1, 0.15) is 4.21 Å². The summed E-state index contributed by atoms with van der Waals surface area (Å²) >= 11 is 8.55. The summed E-state index contributed by atoms with van der Waals surface area (Å²) in [5, 5.41) is 0.699. The molecule has 1 atom stereocenters. The van der Waals surface area contributed by atoms with Crippen LogP contribution >= 0.6 is 34.3 Å². The molecule has 5 rings (SSSR count). The smallest absolute Gasteiger partial charge is 0.252 e. The molecule has 0 aliphatic carbocycles. The van der Waals surface area contributed by atoms with Gasteiger partial charge in [-0.1, -0.05) is 42.0 Å². The van der Waals surface area contributed by atoms with Crippen LogP contribution in [0, 0.1) is 5.92 Å². The molecule has 0 spiro atoms. The summed E-state index contributed by atoms with van der Waals surface area (Å²) in [6, 6.07) is 9.30. The van der Waals surface area contributed by atoms with Crippen molar-refractivity contribution in [1.29, 1.82) is 0 Å². The third kappa shape index (κ3) is 5.14. The molecule has 4 heterocycles. The van der Waals surface area contributed by atoms with Crippen LogP contribution in [0.1, 0.15) is 38.2 Å². The number of halogens is 1. The number of aryl methyl sites for hydroxylation is 1. The first-order valence-electron chi connectivity index (χ1n) is 11.9. The number of amides is 1. The zero-order chi connectivity index (χ0) is 24.6. The highest BCUT2D eigenvalue weighted by Crippen LogP contribution is 2.35. The Morgan fingerprint density at radius 3 is 2.66 bits per heavy atom. The molecule has 7 nitrogen and oxygen atoms in total. The van der Waals surface area contributed by atoms with Gasteiger partial charge in [-0.3, -0.25) is 9.69 Å². The third-order valence-corrected chi connectivity index (χ3v) is 11.4. The average molecular weight is 554 g/mol. The van der Waals surface area contributed by atoms with Crippen molar-refractivity contribution < 1.29 is 17.9 Å². The lowest BCUT2D eigenvalue weighted by atomic mass is 9.96. The molecule has 35 heavy (non-hydrogen) atoms. The Morgan fingerprint density at radius 2 is 2.00 bits per heavy atom. The Morgan fingerprint density at radius 1 is 1.20 bits per heavy atom. The van der Waals surface area contributed by atoms with Gasteiger partial charge in [-0.05, 0) is 55.9 Å². The Kier molecular flexibility index (Phi) is 7.48. The van der Waals surface area contributed by atoms with Crippen molar-refractivity contribution in [3.8, 4) is 0 Å². The molecule has 2 aromatic heterocycles. The van der Waals surface area contributed by atoms with E-state index in [0.717, 1.165) is 47.4 Å². The molecule has 0 bridgehead atoms. The number of hydrogen-bond donors (Lipinski definition) is 0. The fourth-order valence-corrected chi connectivity index (χ4v) is 8.91. The molecule has 1 aromatic carbocycles. The fraction of sp³-hybridized carbons (Fsp3) is 0.500. The summed E-state index contributed by atoms with van der Waals surface area (Å²) in [7, 11) is -3.59. The summed E-state index contributed by atoms with van der Waals surface area (Å²) in [4.78, 5) is 20.5. The van der Waals surface area contributed by atoms with Crippen molar-refractivity contribution in [2.45, 2.75) is 49.3 Å². The number of thiazole rings is 1. The number of carbonyl (C=O) groups excluding carboxylic acids is 1. The second-order valence-electron chi connectivity index (χ2n) is 8.93. The zero-order valence-electron chi connectivity index (χ0n) is 19.5. The Balaban J connectivity index is 1.35. The third-order valence-electron chi connectivity index (χ3n) is 6.73. The van der Waals surface area contributed by atoms with Crippen LogP contribution in [0.2, 0.25) is 4.34 Å². The molecular weight excluding hydrogens is 526 g/mol. The molecule has 0 N–H and O–H groups in total. The number of piperidine rings is 1. The van der Waals surface area contributed by atoms with E-state index in [9.17, 15) is 13.2 Å². The number of nitrogens with zero attached hydrogens (tertiary/aromatic N) is 3. The van der Waals surface area contributed by atoms with Crippen molar-refractivity contribution >= 4 is 65.6 Å². The number of thiophene rings is 1. The van der Waals surface area contributed by atoms with Gasteiger partial charge in [0.15, 0.2) is 5.13 Å². The van der Waals surface area contributed by atoms with Gasteiger partial charge in [0.25, 0.3) is 10.0 Å². The number of fused-ring (bicyclic) bond motifs is 1. The summed E-state index contributed by atoms with van der Waals surface area (Å²) < 4.78 is 35.0. The van der Waals surface area contributed by atoms with Crippen molar-refractivity contribution in [1.82, 2.24) is 9.29 Å². The Labute approximate surface area is 218 Å². The van der Waals surface area contributed by atoms with Gasteiger partial charge in [0.05, 0.1) is 27.2 Å². The topological polar surface area (TPSA) is 79.8 Å². The standard InChI is InChI=1S/C24H28ClN3O4S3/c1-2-16-5-3-7-19-22(16)26-24(33-19)28(15-18-6-4-14-32-18)23(29)17-10-12-27(13-11-17)35(30,31)21-9-8-20(25)34-21/h3,5,7-9,17-18H,2,4,6,10-15H2,1H3. The number of aromatic nitrogens is 1. The van der Waals surface area contributed by atoms with Crippen LogP contribution in [0.5, 0.6) is 0 Å². The number of ether oxygens (including phenoxy) is 1. The van der Waals surface area contributed by atoms with E-state index >= 15 is 0 Å². The average Bonchev–Trinajstić information content (AvgIpc) is 3.62. The highest BCUT2D eigenvalue weighted by atomic mass is 35.5. The van der Waals surface area contributed by atoms with Crippen LogP contribution in [0.25, 0.3) is 10.2 Å². The number of anilines is 1. The maximum atomic E-state index is 13.8. The quantitative estimate of drug-likeness (QED) is 0.402. The summed E-state index contributed by atoms with van der Waals surface area (Å²) in [5.41, 5.74) is 2.12. The van der Waals surface area contributed by atoms with Gasteiger partial charge in [-0.25, -0.2) is 13.4 Å². The van der Waals surface area contributed by atoms with Gasteiger partial charge >= 0.3 is 0 Å². The van der Waals surface area contributed by atoms with E-state index in [0.29, 0.717) is 41.9 Å². The van der Waals surface area contributed by atoms with Crippen molar-refractivity contribution in [2.24, 2.45) is 5.92 Å². The summed E-state index contributed by atoms with van der Waals surface area (Å²) in [5.74, 6) is -0.249. The van der Waals surface area contributed by atoms with E-state index in [4.69, 9.17) is 21.3 Å². The monoisotopic (exact) mass is 553 g/mol. The highest BCUT2D eigenvalue weighted by Gasteiger charge is 2.36. The molecule has 0 saturated carbocycles. The lowest BCUT2D eigenvalue weighted by molar-refractivity contribution is -0.123. The van der Waals surface area contributed by atoms with Crippen molar-refractivity contribution in [3.05, 3.63) is 40.2 Å². The number of hydrogen-bond acceptors (Lipinski definition) is 7. The Bertz CT molecular complexity index is 1310. The molecule has 11 heteroatoms. The minimum Gasteiger partial charge on any atom is -0.376 e. The number of carbonyl (C=O) groups is 1. The maximum Gasteiger partial charge on any atom is 0.252 e. The first kappa shape index (κ1) is 25.1. The van der Waals surface area contributed by atoms with E-state index in [-0.39, 0.29) is 22.1 Å². The number of benzene rings is 1. The summed E-state index contributed by atoms with van der Waals surface area (Å²) in [6.07, 6.45) is 3.75. The van der Waals surface area contributed by atoms with Gasteiger partial charge in [0.2, 0.25) is 5.91 Å². The van der Waals surface area contributed by atoms with Crippen LogP contribution in [0.15, 0.2) is 34.5 Å². The van der Waals surface area contributed by atoms with Crippen LogP contribution < -0.4 is 4.90 Å². The van der Waals surface area contributed by atoms with Crippen LogP contribution in [0.3, 0.4) is 0 Å². The van der Waals surface area contributed by atoms with Crippen LogP contribution in [-0.4, -0.2) is 56.0 Å². The van der Waals surface area contributed by atoms with E-state index in [1.54, 1.807) is 17.0 Å². The molecule has 188 valence electrons. The van der Waals surface area contributed by atoms with E-state index in [1.165, 1.54) is 21.2 Å². The van der Waals surface area contributed by atoms with Crippen molar-refractivity contribution in [3.63, 3.8) is 0 Å². The Hall–Kier alpha value is -1.56. The van der Waals surface area contributed by atoms with Gasteiger partial charge < -0.3 is 4.74 Å². The molecule has 2 saturated heterocycles. The molecule has 3 aromatic rings. The van der Waals surface area contributed by atoms with E-state index < -0.39 is 10.0 Å². The largest absolute Gasteiger partial charge is 0.376 e. The van der Waals surface area contributed by atoms with E-state index in [1.807, 2.05) is 12.1 Å². The predicted octanol–water partition coefficient (Wildman–Crippen LogP) is 5.19. The molecular formula is C24H28ClN3O4S3. The molecule has 2 aliphatic heterocycles. The maximum absolute atomic E-state index is 13.8. The SMILES string of the molecule is CCc1cccc2sc(N(CC3CCCO3)C(=O)C3CCN(S(=O)(=O)c4ccc(Cl)s4)CC3)nc12. The second-order valence-corrected chi connectivity index (χ2v) is 13.8.